The van der Waals surface area contributed by atoms with E-state index in [4.69, 9.17) is 5.11 Å². The first-order valence-corrected chi connectivity index (χ1v) is 4.13. The van der Waals surface area contributed by atoms with E-state index in [0.29, 0.717) is 0 Å². The van der Waals surface area contributed by atoms with E-state index in [-0.39, 0.29) is 17.9 Å². The van der Waals surface area contributed by atoms with Gasteiger partial charge in [-0.15, -0.1) is 0 Å². The van der Waals surface area contributed by atoms with Crippen molar-refractivity contribution in [3.05, 3.63) is 29.6 Å². The van der Waals surface area contributed by atoms with Crippen LogP contribution in [-0.2, 0) is 6.54 Å². The van der Waals surface area contributed by atoms with E-state index in [9.17, 15) is 17.6 Å². The Labute approximate surface area is 83.5 Å². The lowest BCUT2D eigenvalue weighted by Crippen LogP contribution is -2.28. The molecule has 2 nitrogen and oxygen atoms in total. The largest absolute Gasteiger partial charge is 0.508 e. The van der Waals surface area contributed by atoms with Gasteiger partial charge in [0.05, 0.1) is 6.54 Å². The van der Waals surface area contributed by atoms with Crippen LogP contribution in [0.2, 0.25) is 0 Å². The van der Waals surface area contributed by atoms with Crippen LogP contribution in [0.25, 0.3) is 0 Å². The maximum absolute atomic E-state index is 12.7. The standard InChI is InChI=1S/C9H9F4NO/c10-7-1-6(2-8(15)3-7)4-14-5-9(11,12)13/h1-3,14-15H,4-5H2. The van der Waals surface area contributed by atoms with Crippen LogP contribution in [0.1, 0.15) is 5.56 Å². The summed E-state index contributed by atoms with van der Waals surface area (Å²) in [5.41, 5.74) is 0.261. The molecule has 2 N–H and O–H groups in total. The number of rotatable bonds is 3. The summed E-state index contributed by atoms with van der Waals surface area (Å²) in [5.74, 6) is -0.988. The highest BCUT2D eigenvalue weighted by Gasteiger charge is 2.26. The lowest BCUT2D eigenvalue weighted by atomic mass is 10.2. The Morgan fingerprint density at radius 2 is 1.87 bits per heavy atom. The second-order valence-electron chi connectivity index (χ2n) is 3.04. The molecule has 0 bridgehead atoms. The van der Waals surface area contributed by atoms with Crippen LogP contribution in [0.4, 0.5) is 17.6 Å². The van der Waals surface area contributed by atoms with Gasteiger partial charge in [0.25, 0.3) is 0 Å². The molecule has 84 valence electrons. The highest BCUT2D eigenvalue weighted by molar-refractivity contribution is 5.28. The van der Waals surface area contributed by atoms with Crippen LogP contribution in [0.15, 0.2) is 18.2 Å². The molecule has 0 fully saturated rings. The van der Waals surface area contributed by atoms with E-state index < -0.39 is 18.5 Å². The van der Waals surface area contributed by atoms with Gasteiger partial charge in [-0.05, 0) is 17.7 Å². The van der Waals surface area contributed by atoms with Gasteiger partial charge in [0, 0.05) is 12.6 Å². The molecule has 0 amide bonds. The fraction of sp³-hybridized carbons (Fsp3) is 0.333. The highest BCUT2D eigenvalue weighted by atomic mass is 19.4. The molecule has 0 aliphatic heterocycles. The second-order valence-corrected chi connectivity index (χ2v) is 3.04. The van der Waals surface area contributed by atoms with Crippen molar-refractivity contribution in [3.63, 3.8) is 0 Å². The summed E-state index contributed by atoms with van der Waals surface area (Å²) < 4.78 is 47.9. The molecular weight excluding hydrogens is 214 g/mol. The van der Waals surface area contributed by atoms with Crippen molar-refractivity contribution in [3.8, 4) is 5.75 Å². The molecule has 1 rings (SSSR count). The molecule has 0 spiro atoms. The lowest BCUT2D eigenvalue weighted by Gasteiger charge is -2.08. The van der Waals surface area contributed by atoms with Crippen molar-refractivity contribution < 1.29 is 22.7 Å². The van der Waals surface area contributed by atoms with Gasteiger partial charge < -0.3 is 10.4 Å². The monoisotopic (exact) mass is 223 g/mol. The number of halogens is 4. The Bertz CT molecular complexity index is 317. The zero-order valence-corrected chi connectivity index (χ0v) is 7.61. The SMILES string of the molecule is Oc1cc(F)cc(CNCC(F)(F)F)c1. The molecule has 0 saturated heterocycles. The molecular formula is C9H9F4NO. The molecule has 0 aliphatic rings. The molecule has 0 aromatic heterocycles. The van der Waals surface area contributed by atoms with Crippen LogP contribution >= 0.6 is 0 Å². The van der Waals surface area contributed by atoms with Gasteiger partial charge in [-0.2, -0.15) is 13.2 Å². The van der Waals surface area contributed by atoms with Crippen LogP contribution in [-0.4, -0.2) is 17.8 Å². The minimum absolute atomic E-state index is 0.148. The predicted molar refractivity (Wildman–Crippen MR) is 45.8 cm³/mol. The molecule has 1 aromatic rings. The first-order chi connectivity index (χ1) is 6.87. The van der Waals surface area contributed by atoms with Crippen molar-refractivity contribution in [2.75, 3.05) is 6.54 Å². The first-order valence-electron chi connectivity index (χ1n) is 4.13. The average molecular weight is 223 g/mol. The Morgan fingerprint density at radius 1 is 1.20 bits per heavy atom. The van der Waals surface area contributed by atoms with Crippen LogP contribution in [0.3, 0.4) is 0 Å². The maximum atomic E-state index is 12.7. The number of aromatic hydroxyl groups is 1. The summed E-state index contributed by atoms with van der Waals surface area (Å²) in [6.45, 7) is -1.30. The van der Waals surface area contributed by atoms with E-state index in [0.717, 1.165) is 12.1 Å². The number of hydrogen-bond donors (Lipinski definition) is 2. The van der Waals surface area contributed by atoms with Crippen molar-refractivity contribution in [2.24, 2.45) is 0 Å². The third-order valence-corrected chi connectivity index (χ3v) is 1.60. The number of benzene rings is 1. The number of phenols is 1. The van der Waals surface area contributed by atoms with E-state index in [2.05, 4.69) is 5.32 Å². The molecule has 6 heteroatoms. The Hall–Kier alpha value is -1.30. The van der Waals surface area contributed by atoms with Crippen molar-refractivity contribution in [1.29, 1.82) is 0 Å². The van der Waals surface area contributed by atoms with Crippen LogP contribution in [0, 0.1) is 5.82 Å². The number of hydrogen-bond acceptors (Lipinski definition) is 2. The molecule has 15 heavy (non-hydrogen) atoms. The molecule has 1 aromatic carbocycles. The normalized spacial score (nSPS) is 11.7. The first kappa shape index (κ1) is 11.8. The van der Waals surface area contributed by atoms with E-state index in [1.165, 1.54) is 6.07 Å². The maximum Gasteiger partial charge on any atom is 0.401 e. The van der Waals surface area contributed by atoms with Crippen LogP contribution < -0.4 is 5.32 Å². The van der Waals surface area contributed by atoms with Crippen molar-refractivity contribution in [1.82, 2.24) is 5.32 Å². The molecule has 0 aliphatic carbocycles. The van der Waals surface area contributed by atoms with Gasteiger partial charge in [0.2, 0.25) is 0 Å². The molecule has 0 saturated carbocycles. The van der Waals surface area contributed by atoms with Crippen LogP contribution in [0.5, 0.6) is 5.75 Å². The average Bonchev–Trinajstić information content (AvgIpc) is 1.99. The van der Waals surface area contributed by atoms with E-state index in [1.807, 2.05) is 0 Å². The fourth-order valence-electron chi connectivity index (χ4n) is 1.08. The van der Waals surface area contributed by atoms with Gasteiger partial charge in [-0.25, -0.2) is 4.39 Å². The van der Waals surface area contributed by atoms with Gasteiger partial charge in [-0.3, -0.25) is 0 Å². The molecule has 0 heterocycles. The summed E-state index contributed by atoms with van der Waals surface area (Å²) in [5, 5.41) is 11.1. The summed E-state index contributed by atoms with van der Waals surface area (Å²) in [6.07, 6.45) is -4.30. The van der Waals surface area contributed by atoms with Gasteiger partial charge >= 0.3 is 6.18 Å². The number of alkyl halides is 3. The Morgan fingerprint density at radius 3 is 2.40 bits per heavy atom. The summed E-state index contributed by atoms with van der Waals surface area (Å²) in [7, 11) is 0. The number of phenolic OH excluding ortho intramolecular Hbond substituents is 1. The lowest BCUT2D eigenvalue weighted by molar-refractivity contribution is -0.125. The summed E-state index contributed by atoms with van der Waals surface area (Å²) >= 11 is 0. The smallest absolute Gasteiger partial charge is 0.401 e. The minimum Gasteiger partial charge on any atom is -0.508 e. The Kier molecular flexibility index (Phi) is 3.52. The molecule has 0 unspecified atom stereocenters. The minimum atomic E-state index is -4.30. The van der Waals surface area contributed by atoms with Crippen molar-refractivity contribution in [2.45, 2.75) is 12.7 Å². The van der Waals surface area contributed by atoms with Gasteiger partial charge in [0.1, 0.15) is 11.6 Å². The second kappa shape index (κ2) is 4.48. The van der Waals surface area contributed by atoms with Crippen molar-refractivity contribution >= 4 is 0 Å². The van der Waals surface area contributed by atoms with E-state index >= 15 is 0 Å². The van der Waals surface area contributed by atoms with Gasteiger partial charge in [0.15, 0.2) is 0 Å². The predicted octanol–water partition coefficient (Wildman–Crippen LogP) is 2.18. The third-order valence-electron chi connectivity index (χ3n) is 1.60. The quantitative estimate of drug-likeness (QED) is 0.770. The zero-order chi connectivity index (χ0) is 11.5. The number of nitrogens with one attached hydrogen (secondary N) is 1. The fourth-order valence-corrected chi connectivity index (χ4v) is 1.08. The molecule has 0 atom stereocenters. The topological polar surface area (TPSA) is 32.3 Å². The molecule has 0 radical (unpaired) electrons. The van der Waals surface area contributed by atoms with Gasteiger partial charge in [-0.1, -0.05) is 0 Å². The highest BCUT2D eigenvalue weighted by Crippen LogP contribution is 2.15. The Balaban J connectivity index is 2.51. The zero-order valence-electron chi connectivity index (χ0n) is 7.61. The summed E-state index contributed by atoms with van der Waals surface area (Å²) in [4.78, 5) is 0. The van der Waals surface area contributed by atoms with E-state index in [1.54, 1.807) is 0 Å². The third kappa shape index (κ3) is 4.64. The summed E-state index contributed by atoms with van der Waals surface area (Å²) in [6, 6.07) is 3.14.